The number of nitrogens with one attached hydrogen (secondary N) is 1. The van der Waals surface area contributed by atoms with Gasteiger partial charge in [-0.1, -0.05) is 24.3 Å². The standard InChI is InChI=1S/C22H22N2O5/c1-3-28-17-11-8-16(9-12-17)10-13-21(26)29-15(2)22(27)24-14-20(25)23-18-6-4-5-7-19(18)24/h4-13,15H,3,14H2,1-2H3,(H,23,25)/b13-10+/t15-/m0/s1. The Morgan fingerprint density at radius 2 is 1.90 bits per heavy atom. The second kappa shape index (κ2) is 9.05. The largest absolute Gasteiger partial charge is 0.494 e. The quantitative estimate of drug-likeness (QED) is 0.601. The third kappa shape index (κ3) is 5.01. The van der Waals surface area contributed by atoms with Crippen molar-refractivity contribution in [1.82, 2.24) is 0 Å². The van der Waals surface area contributed by atoms with E-state index in [1.807, 2.05) is 19.1 Å². The summed E-state index contributed by atoms with van der Waals surface area (Å²) in [5.41, 5.74) is 1.92. The van der Waals surface area contributed by atoms with Crippen LogP contribution < -0.4 is 15.0 Å². The van der Waals surface area contributed by atoms with Crippen LogP contribution in [0.1, 0.15) is 19.4 Å². The molecule has 2 amide bonds. The molecular weight excluding hydrogens is 372 g/mol. The highest BCUT2D eigenvalue weighted by Gasteiger charge is 2.31. The van der Waals surface area contributed by atoms with Crippen molar-refractivity contribution in [2.45, 2.75) is 20.0 Å². The smallest absolute Gasteiger partial charge is 0.331 e. The summed E-state index contributed by atoms with van der Waals surface area (Å²) in [5, 5.41) is 2.71. The zero-order valence-corrected chi connectivity index (χ0v) is 16.3. The highest BCUT2D eigenvalue weighted by Crippen LogP contribution is 2.29. The van der Waals surface area contributed by atoms with Gasteiger partial charge in [0, 0.05) is 6.08 Å². The topological polar surface area (TPSA) is 84.9 Å². The van der Waals surface area contributed by atoms with Crippen LogP contribution >= 0.6 is 0 Å². The normalized spacial score (nSPS) is 14.1. The van der Waals surface area contributed by atoms with Gasteiger partial charge in [0.2, 0.25) is 5.91 Å². The van der Waals surface area contributed by atoms with Crippen LogP contribution in [0.2, 0.25) is 0 Å². The van der Waals surface area contributed by atoms with Crippen LogP contribution in [-0.2, 0) is 19.1 Å². The molecule has 0 radical (unpaired) electrons. The summed E-state index contributed by atoms with van der Waals surface area (Å²) in [5.74, 6) is -0.659. The van der Waals surface area contributed by atoms with Gasteiger partial charge in [-0.2, -0.15) is 0 Å². The Hall–Kier alpha value is -3.61. The molecule has 3 rings (SSSR count). The molecular formula is C22H22N2O5. The van der Waals surface area contributed by atoms with Gasteiger partial charge in [0.1, 0.15) is 12.3 Å². The average molecular weight is 394 g/mol. The molecule has 0 fully saturated rings. The fourth-order valence-corrected chi connectivity index (χ4v) is 2.92. The van der Waals surface area contributed by atoms with E-state index >= 15 is 0 Å². The number of amides is 2. The number of carbonyl (C=O) groups excluding carboxylic acids is 3. The van der Waals surface area contributed by atoms with Gasteiger partial charge in [0.25, 0.3) is 5.91 Å². The number of carbonyl (C=O) groups is 3. The molecule has 7 heteroatoms. The van der Waals surface area contributed by atoms with E-state index in [9.17, 15) is 14.4 Å². The number of hydrogen-bond acceptors (Lipinski definition) is 5. The first-order valence-corrected chi connectivity index (χ1v) is 9.29. The van der Waals surface area contributed by atoms with E-state index in [0.717, 1.165) is 11.3 Å². The maximum Gasteiger partial charge on any atom is 0.331 e. The number of nitrogens with zero attached hydrogens (tertiary/aromatic N) is 1. The minimum atomic E-state index is -1.04. The predicted molar refractivity (Wildman–Crippen MR) is 110 cm³/mol. The fourth-order valence-electron chi connectivity index (χ4n) is 2.92. The molecule has 0 spiro atoms. The number of para-hydroxylation sites is 2. The molecule has 0 saturated carbocycles. The molecule has 1 aliphatic rings. The monoisotopic (exact) mass is 394 g/mol. The van der Waals surface area contributed by atoms with Crippen LogP contribution in [0, 0.1) is 0 Å². The number of benzene rings is 2. The number of fused-ring (bicyclic) bond motifs is 1. The Bertz CT molecular complexity index is 936. The van der Waals surface area contributed by atoms with E-state index in [2.05, 4.69) is 5.32 Å². The van der Waals surface area contributed by atoms with E-state index in [-0.39, 0.29) is 12.5 Å². The fraction of sp³-hybridized carbons (Fsp3) is 0.227. The van der Waals surface area contributed by atoms with Gasteiger partial charge in [-0.05, 0) is 49.8 Å². The SMILES string of the molecule is CCOc1ccc(/C=C/C(=O)O[C@@H](C)C(=O)N2CC(=O)Nc3ccccc32)cc1. The van der Waals surface area contributed by atoms with E-state index in [0.29, 0.717) is 18.0 Å². The summed E-state index contributed by atoms with van der Waals surface area (Å²) in [6.45, 7) is 3.84. The lowest BCUT2D eigenvalue weighted by atomic mass is 10.1. The molecule has 0 saturated heterocycles. The molecule has 1 aliphatic heterocycles. The zero-order valence-electron chi connectivity index (χ0n) is 16.3. The molecule has 7 nitrogen and oxygen atoms in total. The summed E-state index contributed by atoms with van der Waals surface area (Å²) in [6, 6.07) is 14.2. The molecule has 1 atom stereocenters. The second-order valence-corrected chi connectivity index (χ2v) is 6.40. The maximum atomic E-state index is 12.7. The van der Waals surface area contributed by atoms with Crippen molar-refractivity contribution in [3.63, 3.8) is 0 Å². The Labute approximate surface area is 168 Å². The van der Waals surface area contributed by atoms with Crippen LogP contribution in [0.15, 0.2) is 54.6 Å². The molecule has 1 N–H and O–H groups in total. The molecule has 29 heavy (non-hydrogen) atoms. The number of rotatable bonds is 6. The minimum Gasteiger partial charge on any atom is -0.494 e. The predicted octanol–water partition coefficient (Wildman–Crippen LogP) is 3.02. The van der Waals surface area contributed by atoms with Crippen molar-refractivity contribution in [2.75, 3.05) is 23.4 Å². The number of hydrogen-bond donors (Lipinski definition) is 1. The average Bonchev–Trinajstić information content (AvgIpc) is 2.72. The van der Waals surface area contributed by atoms with Crippen LogP contribution in [0.25, 0.3) is 6.08 Å². The first-order chi connectivity index (χ1) is 14.0. The highest BCUT2D eigenvalue weighted by atomic mass is 16.5. The van der Waals surface area contributed by atoms with Gasteiger partial charge >= 0.3 is 5.97 Å². The molecule has 0 aromatic heterocycles. The first kappa shape index (κ1) is 20.1. The summed E-state index contributed by atoms with van der Waals surface area (Å²) in [7, 11) is 0. The summed E-state index contributed by atoms with van der Waals surface area (Å²) < 4.78 is 10.6. The van der Waals surface area contributed by atoms with Gasteiger partial charge in [-0.15, -0.1) is 0 Å². The molecule has 1 heterocycles. The molecule has 2 aromatic rings. The van der Waals surface area contributed by atoms with Crippen LogP contribution in [0.3, 0.4) is 0 Å². The maximum absolute atomic E-state index is 12.7. The third-order valence-corrected chi connectivity index (χ3v) is 4.28. The van der Waals surface area contributed by atoms with E-state index < -0.39 is 18.0 Å². The third-order valence-electron chi connectivity index (χ3n) is 4.28. The van der Waals surface area contributed by atoms with Crippen molar-refractivity contribution >= 4 is 35.2 Å². The summed E-state index contributed by atoms with van der Waals surface area (Å²) in [6.07, 6.45) is 1.82. The lowest BCUT2D eigenvalue weighted by Crippen LogP contribution is -2.46. The van der Waals surface area contributed by atoms with Gasteiger partial charge < -0.3 is 14.8 Å². The van der Waals surface area contributed by atoms with Crippen molar-refractivity contribution in [1.29, 1.82) is 0 Å². The van der Waals surface area contributed by atoms with E-state index in [1.54, 1.807) is 42.5 Å². The highest BCUT2D eigenvalue weighted by molar-refractivity contribution is 6.11. The Kier molecular flexibility index (Phi) is 6.29. The van der Waals surface area contributed by atoms with Crippen molar-refractivity contribution < 1.29 is 23.9 Å². The van der Waals surface area contributed by atoms with Crippen molar-refractivity contribution in [3.8, 4) is 5.75 Å². The van der Waals surface area contributed by atoms with Crippen LogP contribution in [0.4, 0.5) is 11.4 Å². The summed E-state index contributed by atoms with van der Waals surface area (Å²) in [4.78, 5) is 38.1. The van der Waals surface area contributed by atoms with Crippen LogP contribution in [0.5, 0.6) is 5.75 Å². The van der Waals surface area contributed by atoms with Gasteiger partial charge in [-0.3, -0.25) is 14.5 Å². The van der Waals surface area contributed by atoms with Gasteiger partial charge in [0.15, 0.2) is 6.10 Å². The molecule has 0 unspecified atom stereocenters. The minimum absolute atomic E-state index is 0.125. The molecule has 2 aromatic carbocycles. The zero-order chi connectivity index (χ0) is 20.8. The number of ether oxygens (including phenoxy) is 2. The van der Waals surface area contributed by atoms with Gasteiger partial charge in [0.05, 0.1) is 18.0 Å². The Balaban J connectivity index is 1.62. The number of esters is 1. The number of anilines is 2. The van der Waals surface area contributed by atoms with E-state index in [1.165, 1.54) is 17.9 Å². The van der Waals surface area contributed by atoms with Crippen LogP contribution in [-0.4, -0.2) is 37.0 Å². The van der Waals surface area contributed by atoms with E-state index in [4.69, 9.17) is 9.47 Å². The van der Waals surface area contributed by atoms with Gasteiger partial charge in [-0.25, -0.2) is 4.79 Å². The second-order valence-electron chi connectivity index (χ2n) is 6.40. The lowest BCUT2D eigenvalue weighted by molar-refractivity contribution is -0.149. The first-order valence-electron chi connectivity index (χ1n) is 9.29. The van der Waals surface area contributed by atoms with Crippen molar-refractivity contribution in [2.24, 2.45) is 0 Å². The Morgan fingerprint density at radius 3 is 2.62 bits per heavy atom. The molecule has 150 valence electrons. The Morgan fingerprint density at radius 1 is 1.17 bits per heavy atom. The summed E-state index contributed by atoms with van der Waals surface area (Å²) >= 11 is 0. The van der Waals surface area contributed by atoms with Crippen molar-refractivity contribution in [3.05, 3.63) is 60.2 Å². The molecule has 0 aliphatic carbocycles. The molecule has 0 bridgehead atoms. The lowest BCUT2D eigenvalue weighted by Gasteiger charge is -2.30.